The first-order valence-electron chi connectivity index (χ1n) is 5.14. The van der Waals surface area contributed by atoms with Crippen molar-refractivity contribution in [2.75, 3.05) is 19.3 Å². The molecule has 1 aliphatic heterocycles. The fraction of sp³-hybridized carbons (Fsp3) is 1.00. The first kappa shape index (κ1) is 11.4. The Labute approximate surface area is 87.4 Å². The quantitative estimate of drug-likeness (QED) is 0.598. The normalized spacial score (nSPS) is 28.4. The molecule has 0 saturated carbocycles. The number of rotatable bonds is 1. The molecule has 0 unspecified atom stereocenters. The fourth-order valence-electron chi connectivity index (χ4n) is 1.97. The Bertz CT molecular complexity index is 157. The molecule has 78 valence electrons. The Morgan fingerprint density at radius 2 is 1.31 bits per heavy atom. The molecule has 1 nitrogen and oxygen atoms in total. The molecule has 0 aromatic carbocycles. The molecule has 0 atom stereocenters. The van der Waals surface area contributed by atoms with Gasteiger partial charge in [-0.05, 0) is 29.9 Å². The van der Waals surface area contributed by atoms with Gasteiger partial charge >= 0.3 is 0 Å². The third-order valence-corrected chi connectivity index (χ3v) is 3.72. The van der Waals surface area contributed by atoms with Gasteiger partial charge in [0.15, 0.2) is 0 Å². The van der Waals surface area contributed by atoms with Crippen LogP contribution in [-0.4, -0.2) is 23.7 Å². The van der Waals surface area contributed by atoms with Crippen LogP contribution in [-0.2, 0) is 0 Å². The summed E-state index contributed by atoms with van der Waals surface area (Å²) >= 11 is 1.90. The van der Waals surface area contributed by atoms with Crippen LogP contribution in [0.3, 0.4) is 0 Å². The zero-order valence-corrected chi connectivity index (χ0v) is 10.5. The SMILES string of the molecule is CSN1CC(C)(C)CCC(C)(C)C1. The summed E-state index contributed by atoms with van der Waals surface area (Å²) in [5, 5.41) is 0. The summed E-state index contributed by atoms with van der Waals surface area (Å²) < 4.78 is 2.52. The van der Waals surface area contributed by atoms with Crippen molar-refractivity contribution in [3.63, 3.8) is 0 Å². The van der Waals surface area contributed by atoms with E-state index in [2.05, 4.69) is 38.3 Å². The summed E-state index contributed by atoms with van der Waals surface area (Å²) in [5.74, 6) is 0. The van der Waals surface area contributed by atoms with Crippen LogP contribution in [0, 0.1) is 10.8 Å². The average Bonchev–Trinajstić information content (AvgIpc) is 2.08. The second kappa shape index (κ2) is 3.82. The van der Waals surface area contributed by atoms with Crippen molar-refractivity contribution in [2.24, 2.45) is 10.8 Å². The minimum absolute atomic E-state index is 0.497. The number of hydrogen-bond donors (Lipinski definition) is 0. The maximum absolute atomic E-state index is 2.52. The predicted molar refractivity (Wildman–Crippen MR) is 61.9 cm³/mol. The Morgan fingerprint density at radius 1 is 0.923 bits per heavy atom. The maximum Gasteiger partial charge on any atom is 0.0141 e. The van der Waals surface area contributed by atoms with Gasteiger partial charge in [-0.3, -0.25) is 0 Å². The highest BCUT2D eigenvalue weighted by molar-refractivity contribution is 7.96. The standard InChI is InChI=1S/C11H23NS/c1-10(2)6-7-11(3,4)9-12(8-10)13-5/h6-9H2,1-5H3. The lowest BCUT2D eigenvalue weighted by Crippen LogP contribution is -2.30. The van der Waals surface area contributed by atoms with Crippen molar-refractivity contribution in [3.05, 3.63) is 0 Å². The molecule has 0 N–H and O–H groups in total. The Kier molecular flexibility index (Phi) is 3.34. The summed E-state index contributed by atoms with van der Waals surface area (Å²) in [5.41, 5.74) is 0.994. The van der Waals surface area contributed by atoms with Gasteiger partial charge in [-0.25, -0.2) is 4.31 Å². The Morgan fingerprint density at radius 3 is 1.62 bits per heavy atom. The Balaban J connectivity index is 2.69. The van der Waals surface area contributed by atoms with Crippen LogP contribution >= 0.6 is 11.9 Å². The molecular formula is C11H23NS. The fourth-order valence-corrected chi connectivity index (χ4v) is 2.93. The van der Waals surface area contributed by atoms with Crippen molar-refractivity contribution in [2.45, 2.75) is 40.5 Å². The van der Waals surface area contributed by atoms with Gasteiger partial charge < -0.3 is 0 Å². The molecule has 1 heterocycles. The van der Waals surface area contributed by atoms with Crippen LogP contribution in [0.4, 0.5) is 0 Å². The summed E-state index contributed by atoms with van der Waals surface area (Å²) in [6.07, 6.45) is 4.91. The van der Waals surface area contributed by atoms with E-state index in [-0.39, 0.29) is 0 Å². The van der Waals surface area contributed by atoms with E-state index in [0.29, 0.717) is 10.8 Å². The van der Waals surface area contributed by atoms with Crippen LogP contribution in [0.1, 0.15) is 40.5 Å². The minimum Gasteiger partial charge on any atom is -0.250 e. The lowest BCUT2D eigenvalue weighted by atomic mass is 9.81. The second-order valence-electron chi connectivity index (χ2n) is 5.81. The molecule has 0 spiro atoms. The van der Waals surface area contributed by atoms with Crippen LogP contribution in [0.25, 0.3) is 0 Å². The summed E-state index contributed by atoms with van der Waals surface area (Å²) in [6, 6.07) is 0. The monoisotopic (exact) mass is 201 g/mol. The highest BCUT2D eigenvalue weighted by Gasteiger charge is 2.32. The van der Waals surface area contributed by atoms with Crippen molar-refractivity contribution in [3.8, 4) is 0 Å². The van der Waals surface area contributed by atoms with E-state index in [1.165, 1.54) is 25.9 Å². The zero-order chi connectivity index (χ0) is 10.1. The number of hydrogen-bond acceptors (Lipinski definition) is 2. The van der Waals surface area contributed by atoms with Gasteiger partial charge in [0.2, 0.25) is 0 Å². The van der Waals surface area contributed by atoms with Crippen molar-refractivity contribution < 1.29 is 0 Å². The third kappa shape index (κ3) is 3.51. The molecule has 0 radical (unpaired) electrons. The van der Waals surface area contributed by atoms with Gasteiger partial charge in [-0.1, -0.05) is 39.6 Å². The molecular weight excluding hydrogens is 178 g/mol. The topological polar surface area (TPSA) is 3.24 Å². The highest BCUT2D eigenvalue weighted by atomic mass is 32.2. The molecule has 0 aromatic heterocycles. The van der Waals surface area contributed by atoms with E-state index in [1.807, 2.05) is 11.9 Å². The van der Waals surface area contributed by atoms with Crippen molar-refractivity contribution in [1.82, 2.24) is 4.31 Å². The molecule has 0 amide bonds. The average molecular weight is 201 g/mol. The molecule has 1 saturated heterocycles. The zero-order valence-electron chi connectivity index (χ0n) is 9.68. The molecule has 0 bridgehead atoms. The van der Waals surface area contributed by atoms with E-state index < -0.39 is 0 Å². The minimum atomic E-state index is 0.497. The van der Waals surface area contributed by atoms with Crippen LogP contribution in [0.2, 0.25) is 0 Å². The van der Waals surface area contributed by atoms with E-state index in [0.717, 1.165) is 0 Å². The summed E-state index contributed by atoms with van der Waals surface area (Å²) in [7, 11) is 0. The van der Waals surface area contributed by atoms with Gasteiger partial charge in [0, 0.05) is 13.1 Å². The van der Waals surface area contributed by atoms with Crippen LogP contribution < -0.4 is 0 Å². The lowest BCUT2D eigenvalue weighted by Gasteiger charge is -2.29. The van der Waals surface area contributed by atoms with Crippen LogP contribution in [0.15, 0.2) is 0 Å². The third-order valence-electron chi connectivity index (χ3n) is 2.95. The lowest BCUT2D eigenvalue weighted by molar-refractivity contribution is 0.281. The van der Waals surface area contributed by atoms with Gasteiger partial charge in [0.25, 0.3) is 0 Å². The molecule has 1 fully saturated rings. The van der Waals surface area contributed by atoms with Crippen molar-refractivity contribution >= 4 is 11.9 Å². The van der Waals surface area contributed by atoms with Gasteiger partial charge in [-0.2, -0.15) is 0 Å². The van der Waals surface area contributed by atoms with E-state index in [9.17, 15) is 0 Å². The molecule has 2 heteroatoms. The summed E-state index contributed by atoms with van der Waals surface area (Å²) in [4.78, 5) is 0. The summed E-state index contributed by atoms with van der Waals surface area (Å²) in [6.45, 7) is 12.0. The molecule has 0 aromatic rings. The van der Waals surface area contributed by atoms with E-state index in [1.54, 1.807) is 0 Å². The first-order chi connectivity index (χ1) is 5.85. The van der Waals surface area contributed by atoms with Crippen molar-refractivity contribution in [1.29, 1.82) is 0 Å². The molecule has 1 aliphatic rings. The molecule has 1 rings (SSSR count). The predicted octanol–water partition coefficient (Wildman–Crippen LogP) is 3.41. The van der Waals surface area contributed by atoms with Crippen LogP contribution in [0.5, 0.6) is 0 Å². The van der Waals surface area contributed by atoms with Gasteiger partial charge in [-0.15, -0.1) is 0 Å². The number of nitrogens with zero attached hydrogens (tertiary/aromatic N) is 1. The second-order valence-corrected chi connectivity index (χ2v) is 6.69. The highest BCUT2D eigenvalue weighted by Crippen LogP contribution is 2.38. The van der Waals surface area contributed by atoms with Gasteiger partial charge in [0.05, 0.1) is 0 Å². The molecule has 0 aliphatic carbocycles. The first-order valence-corrected chi connectivity index (χ1v) is 6.32. The smallest absolute Gasteiger partial charge is 0.0141 e. The van der Waals surface area contributed by atoms with Gasteiger partial charge in [0.1, 0.15) is 0 Å². The van der Waals surface area contributed by atoms with E-state index in [4.69, 9.17) is 0 Å². The molecule has 13 heavy (non-hydrogen) atoms. The van der Waals surface area contributed by atoms with E-state index >= 15 is 0 Å². The Hall–Kier alpha value is 0.310. The largest absolute Gasteiger partial charge is 0.250 e. The maximum atomic E-state index is 2.52.